The quantitative estimate of drug-likeness (QED) is 0.176. The maximum atomic E-state index is 13.2. The highest BCUT2D eigenvalue weighted by atomic mass is 16.5. The van der Waals surface area contributed by atoms with Crippen LogP contribution in [0.3, 0.4) is 0 Å². The summed E-state index contributed by atoms with van der Waals surface area (Å²) in [6.07, 6.45) is 17.0. The van der Waals surface area contributed by atoms with Crippen LogP contribution in [0.4, 0.5) is 0 Å². The molecule has 48 heavy (non-hydrogen) atoms. The van der Waals surface area contributed by atoms with E-state index in [2.05, 4.69) is 60.1 Å². The van der Waals surface area contributed by atoms with Gasteiger partial charge in [0.1, 0.15) is 6.10 Å². The third-order valence-electron chi connectivity index (χ3n) is 17.0. The van der Waals surface area contributed by atoms with Gasteiger partial charge in [0, 0.05) is 12.0 Å². The Balaban J connectivity index is 1.21. The lowest BCUT2D eigenvalue weighted by Crippen LogP contribution is -2.66. The van der Waals surface area contributed by atoms with Crippen molar-refractivity contribution in [2.75, 3.05) is 20.1 Å². The lowest BCUT2D eigenvalue weighted by molar-refractivity contribution is -0.250. The van der Waals surface area contributed by atoms with Gasteiger partial charge in [-0.1, -0.05) is 60.6 Å². The van der Waals surface area contributed by atoms with Gasteiger partial charge >= 0.3 is 11.9 Å². The van der Waals surface area contributed by atoms with Crippen molar-refractivity contribution in [1.29, 1.82) is 0 Å². The van der Waals surface area contributed by atoms with Gasteiger partial charge in [-0.3, -0.25) is 9.59 Å². The van der Waals surface area contributed by atoms with E-state index >= 15 is 0 Å². The molecule has 5 nitrogen and oxygen atoms in total. The summed E-state index contributed by atoms with van der Waals surface area (Å²) in [5.74, 6) is 3.31. The van der Waals surface area contributed by atoms with Gasteiger partial charge < -0.3 is 14.7 Å². The van der Waals surface area contributed by atoms with Gasteiger partial charge in [-0.2, -0.15) is 0 Å². The second kappa shape index (κ2) is 12.4. The summed E-state index contributed by atoms with van der Waals surface area (Å²) in [7, 11) is 2.38. The Kier molecular flexibility index (Phi) is 9.41. The van der Waals surface area contributed by atoms with Crippen LogP contribution in [0.5, 0.6) is 0 Å². The van der Waals surface area contributed by atoms with E-state index in [-0.39, 0.29) is 35.7 Å². The van der Waals surface area contributed by atoms with Gasteiger partial charge in [-0.25, -0.2) is 0 Å². The van der Waals surface area contributed by atoms with E-state index in [1.807, 2.05) is 13.8 Å². The molecule has 6 rings (SSSR count). The SMILES string of the molecule is C=C(C)[C@@H]1CC[C@]2(CCN(C)CC3CC3)CC[C@]3(C)[C@H](CC[C@@H]4[C@@]5(C)CC[C@H](OC(=O)CC(C)(C)CC(=O)O)C(C)(C)[C@@H]5CC[C@]43C)[C@@H]12. The standard InChI is InChI=1S/C43H71NO4/c1-28(2)30-15-20-43(23-24-44(10)27-29-11-12-29)22-21-41(8)31(37(30)43)13-14-33-40(7)18-17-34(39(5,6)32(40)16-19-42(33,41)9)48-36(47)26-38(3,4)25-35(45)46/h29-34,37H,1,11-27H2,2-10H3,(H,45,46)/t30-,31+,32-,33+,34-,37+,40-,41+,42+,43+/m0/s1. The molecule has 0 heterocycles. The predicted octanol–water partition coefficient (Wildman–Crippen LogP) is 10.2. The first-order valence-corrected chi connectivity index (χ1v) is 20.0. The molecule has 0 amide bonds. The number of carboxylic acid groups (broad SMARTS) is 1. The summed E-state index contributed by atoms with van der Waals surface area (Å²) in [6.45, 7) is 26.1. The third kappa shape index (κ3) is 6.04. The average Bonchev–Trinajstić information content (AvgIpc) is 3.69. The highest BCUT2D eigenvalue weighted by Gasteiger charge is 2.71. The number of allylic oxidation sites excluding steroid dienone is 1. The maximum absolute atomic E-state index is 13.2. The monoisotopic (exact) mass is 666 g/mol. The van der Waals surface area contributed by atoms with Crippen LogP contribution < -0.4 is 0 Å². The lowest BCUT2D eigenvalue weighted by atomic mass is 9.32. The zero-order valence-electron chi connectivity index (χ0n) is 32.4. The number of carbonyl (C=O) groups excluding carboxylic acids is 1. The average molecular weight is 666 g/mol. The van der Waals surface area contributed by atoms with Gasteiger partial charge in [0.05, 0.1) is 12.8 Å². The van der Waals surface area contributed by atoms with Crippen molar-refractivity contribution in [2.24, 2.45) is 68.0 Å². The molecule has 1 N–H and O–H groups in total. The number of hydrogen-bond donors (Lipinski definition) is 1. The molecule has 0 unspecified atom stereocenters. The Labute approximate surface area is 293 Å². The molecule has 6 aliphatic carbocycles. The van der Waals surface area contributed by atoms with E-state index in [4.69, 9.17) is 4.74 Å². The van der Waals surface area contributed by atoms with Crippen LogP contribution in [0.25, 0.3) is 0 Å². The minimum absolute atomic E-state index is 0.0244. The molecular formula is C43H71NO4. The van der Waals surface area contributed by atoms with Crippen LogP contribution in [0.1, 0.15) is 152 Å². The first-order valence-electron chi connectivity index (χ1n) is 20.0. The highest BCUT2D eigenvalue weighted by molar-refractivity contribution is 5.73. The molecule has 0 spiro atoms. The molecule has 0 radical (unpaired) electrons. The molecule has 0 aliphatic heterocycles. The summed E-state index contributed by atoms with van der Waals surface area (Å²) < 4.78 is 6.30. The normalized spacial score (nSPS) is 43.5. The van der Waals surface area contributed by atoms with E-state index in [9.17, 15) is 14.7 Å². The van der Waals surface area contributed by atoms with Crippen molar-refractivity contribution in [3.05, 3.63) is 12.2 Å². The van der Waals surface area contributed by atoms with E-state index in [1.54, 1.807) is 0 Å². The van der Waals surface area contributed by atoms with Crippen LogP contribution in [-0.2, 0) is 14.3 Å². The zero-order chi connectivity index (χ0) is 35.1. The van der Waals surface area contributed by atoms with Crippen LogP contribution >= 0.6 is 0 Å². The Hall–Kier alpha value is -1.36. The minimum atomic E-state index is -0.863. The summed E-state index contributed by atoms with van der Waals surface area (Å²) in [5.41, 5.74) is 2.12. The number of ether oxygens (including phenoxy) is 1. The van der Waals surface area contributed by atoms with E-state index in [1.165, 1.54) is 89.3 Å². The topological polar surface area (TPSA) is 66.8 Å². The van der Waals surface area contributed by atoms with Gasteiger partial charge in [0.15, 0.2) is 0 Å². The molecule has 0 aromatic rings. The third-order valence-corrected chi connectivity index (χ3v) is 17.0. The van der Waals surface area contributed by atoms with Crippen molar-refractivity contribution in [3.63, 3.8) is 0 Å². The van der Waals surface area contributed by atoms with Crippen molar-refractivity contribution < 1.29 is 19.4 Å². The highest BCUT2D eigenvalue weighted by Crippen LogP contribution is 2.78. The molecule has 0 aromatic heterocycles. The molecule has 6 fully saturated rings. The number of aliphatic carboxylic acids is 1. The van der Waals surface area contributed by atoms with Gasteiger partial charge in [0.25, 0.3) is 0 Å². The molecule has 0 saturated heterocycles. The number of esters is 1. The summed E-state index contributed by atoms with van der Waals surface area (Å²) in [6, 6.07) is 0. The molecule has 0 aromatic carbocycles. The fourth-order valence-electron chi connectivity index (χ4n) is 14.2. The first kappa shape index (κ1) is 36.4. The van der Waals surface area contributed by atoms with Crippen LogP contribution in [0.2, 0.25) is 0 Å². The first-order chi connectivity index (χ1) is 22.3. The number of fused-ring (bicyclic) bond motifs is 7. The summed E-state index contributed by atoms with van der Waals surface area (Å²) in [4.78, 5) is 27.3. The Bertz CT molecular complexity index is 1270. The number of carboxylic acids is 1. The lowest BCUT2D eigenvalue weighted by Gasteiger charge is -2.73. The maximum Gasteiger partial charge on any atom is 0.306 e. The number of carbonyl (C=O) groups is 2. The van der Waals surface area contributed by atoms with E-state index < -0.39 is 11.4 Å². The van der Waals surface area contributed by atoms with Crippen LogP contribution in [-0.4, -0.2) is 48.2 Å². The van der Waals surface area contributed by atoms with Gasteiger partial charge in [0.2, 0.25) is 0 Å². The number of rotatable bonds is 11. The van der Waals surface area contributed by atoms with Crippen molar-refractivity contribution >= 4 is 11.9 Å². The smallest absolute Gasteiger partial charge is 0.306 e. The summed E-state index contributed by atoms with van der Waals surface area (Å²) in [5, 5.41) is 9.34. The predicted molar refractivity (Wildman–Crippen MR) is 194 cm³/mol. The second-order valence-electron chi connectivity index (χ2n) is 20.8. The second-order valence-corrected chi connectivity index (χ2v) is 20.8. The Morgan fingerprint density at radius 2 is 1.56 bits per heavy atom. The summed E-state index contributed by atoms with van der Waals surface area (Å²) >= 11 is 0. The van der Waals surface area contributed by atoms with Gasteiger partial charge in [-0.15, -0.1) is 0 Å². The van der Waals surface area contributed by atoms with Crippen molar-refractivity contribution in [3.8, 4) is 0 Å². The van der Waals surface area contributed by atoms with E-state index in [0.29, 0.717) is 34.0 Å². The molecule has 6 aliphatic rings. The molecule has 0 bridgehead atoms. The minimum Gasteiger partial charge on any atom is -0.481 e. The Morgan fingerprint density at radius 3 is 2.21 bits per heavy atom. The molecule has 272 valence electrons. The molecule has 10 atom stereocenters. The van der Waals surface area contributed by atoms with Crippen LogP contribution in [0.15, 0.2) is 12.2 Å². The van der Waals surface area contributed by atoms with Gasteiger partial charge in [-0.05, 0) is 167 Å². The number of nitrogens with zero attached hydrogens (tertiary/aromatic N) is 1. The number of hydrogen-bond acceptors (Lipinski definition) is 4. The van der Waals surface area contributed by atoms with Crippen molar-refractivity contribution in [1.82, 2.24) is 4.90 Å². The van der Waals surface area contributed by atoms with E-state index in [0.717, 1.165) is 30.6 Å². The molecule has 5 heteroatoms. The van der Waals surface area contributed by atoms with Crippen molar-refractivity contribution in [2.45, 2.75) is 158 Å². The zero-order valence-corrected chi connectivity index (χ0v) is 32.4. The largest absolute Gasteiger partial charge is 0.481 e. The molecule has 6 saturated carbocycles. The fraction of sp³-hybridized carbons (Fsp3) is 0.907. The fourth-order valence-corrected chi connectivity index (χ4v) is 14.2. The molecular weight excluding hydrogens is 594 g/mol. The Morgan fingerprint density at radius 1 is 0.854 bits per heavy atom. The van der Waals surface area contributed by atoms with Crippen LogP contribution in [0, 0.1) is 68.0 Å².